The van der Waals surface area contributed by atoms with Crippen molar-refractivity contribution in [3.05, 3.63) is 0 Å². The molecule has 122 valence electrons. The van der Waals surface area contributed by atoms with Gasteiger partial charge in [0, 0.05) is 25.0 Å². The Bertz CT molecular complexity index is 375. The van der Waals surface area contributed by atoms with Crippen molar-refractivity contribution >= 4 is 22.0 Å². The third-order valence-electron chi connectivity index (χ3n) is 4.32. The van der Waals surface area contributed by atoms with Crippen molar-refractivity contribution in [2.45, 2.75) is 42.8 Å². The summed E-state index contributed by atoms with van der Waals surface area (Å²) in [6.45, 7) is 0.227. The van der Waals surface area contributed by atoms with Crippen molar-refractivity contribution in [1.29, 1.82) is 0 Å². The molecule has 1 aliphatic heterocycles. The highest BCUT2D eigenvalue weighted by atomic mass is 79.9. The van der Waals surface area contributed by atoms with E-state index < -0.39 is 25.0 Å². The van der Waals surface area contributed by atoms with Gasteiger partial charge in [0.15, 0.2) is 0 Å². The number of ether oxygens (including phenoxy) is 2. The summed E-state index contributed by atoms with van der Waals surface area (Å²) in [6.07, 6.45) is -3.92. The molecule has 4 nitrogen and oxygen atoms in total. The van der Waals surface area contributed by atoms with Crippen LogP contribution in [0.25, 0.3) is 0 Å². The summed E-state index contributed by atoms with van der Waals surface area (Å²) in [6, 6.07) is 0. The largest absolute Gasteiger partial charge is 0.434 e. The van der Waals surface area contributed by atoms with E-state index in [1.54, 1.807) is 0 Å². The summed E-state index contributed by atoms with van der Waals surface area (Å²) in [7, 11) is 1.14. The average molecular weight is 374 g/mol. The standard InChI is InChI=1S/C13H19BrF3NO3/c1-20-8-10(13(15,16)17)21-11(19)18-4-2-12(3-5-18)6-9(14)7-12/h9-10H,2-8H2,1H3. The lowest BCUT2D eigenvalue weighted by Crippen LogP contribution is -2.50. The number of halogens is 4. The monoisotopic (exact) mass is 373 g/mol. The van der Waals surface area contributed by atoms with Crippen LogP contribution in [-0.4, -0.2) is 54.9 Å². The number of piperidine rings is 1. The summed E-state index contributed by atoms with van der Waals surface area (Å²) in [4.78, 5) is 13.7. The Morgan fingerprint density at radius 1 is 1.38 bits per heavy atom. The van der Waals surface area contributed by atoms with Crippen LogP contribution in [0.1, 0.15) is 25.7 Å². The highest BCUT2D eigenvalue weighted by molar-refractivity contribution is 9.09. The normalized spacial score (nSPS) is 23.8. The summed E-state index contributed by atoms with van der Waals surface area (Å²) < 4.78 is 47.1. The average Bonchev–Trinajstić information content (AvgIpc) is 2.36. The number of carbonyl (C=O) groups is 1. The van der Waals surface area contributed by atoms with Crippen LogP contribution >= 0.6 is 15.9 Å². The third-order valence-corrected chi connectivity index (χ3v) is 4.96. The van der Waals surface area contributed by atoms with E-state index in [0.717, 1.165) is 32.8 Å². The third kappa shape index (κ3) is 4.03. The molecule has 1 heterocycles. The lowest BCUT2D eigenvalue weighted by Gasteiger charge is -2.50. The van der Waals surface area contributed by atoms with Gasteiger partial charge in [-0.2, -0.15) is 13.2 Å². The molecule has 0 radical (unpaired) electrons. The maximum absolute atomic E-state index is 12.7. The topological polar surface area (TPSA) is 38.8 Å². The van der Waals surface area contributed by atoms with Crippen molar-refractivity contribution in [2.75, 3.05) is 26.8 Å². The number of hydrogen-bond acceptors (Lipinski definition) is 3. The first kappa shape index (κ1) is 16.9. The minimum absolute atomic E-state index is 0.265. The molecule has 1 saturated carbocycles. The molecule has 8 heteroatoms. The van der Waals surface area contributed by atoms with E-state index >= 15 is 0 Å². The number of rotatable bonds is 3. The molecule has 0 N–H and O–H groups in total. The van der Waals surface area contributed by atoms with Gasteiger partial charge in [0.05, 0.1) is 6.61 Å². The van der Waals surface area contributed by atoms with E-state index in [0.29, 0.717) is 17.9 Å². The molecule has 2 rings (SSSR count). The van der Waals surface area contributed by atoms with Crippen LogP contribution in [0.2, 0.25) is 0 Å². The van der Waals surface area contributed by atoms with E-state index in [9.17, 15) is 18.0 Å². The molecule has 21 heavy (non-hydrogen) atoms. The molecule has 1 amide bonds. The zero-order valence-corrected chi connectivity index (χ0v) is 13.4. The Balaban J connectivity index is 1.84. The molecule has 2 fully saturated rings. The fourth-order valence-corrected chi connectivity index (χ4v) is 4.37. The zero-order valence-electron chi connectivity index (χ0n) is 11.8. The second kappa shape index (κ2) is 6.32. The number of amides is 1. The van der Waals surface area contributed by atoms with E-state index in [4.69, 9.17) is 0 Å². The second-order valence-corrected chi connectivity index (χ2v) is 7.16. The van der Waals surface area contributed by atoms with E-state index in [1.165, 1.54) is 4.90 Å². The highest BCUT2D eigenvalue weighted by Crippen LogP contribution is 2.51. The number of alkyl halides is 4. The van der Waals surface area contributed by atoms with Crippen molar-refractivity contribution in [2.24, 2.45) is 5.41 Å². The van der Waals surface area contributed by atoms with Crippen LogP contribution < -0.4 is 0 Å². The Morgan fingerprint density at radius 3 is 2.38 bits per heavy atom. The SMILES string of the molecule is COCC(OC(=O)N1CCC2(CC1)CC(Br)C2)C(F)(F)F. The molecule has 1 unspecified atom stereocenters. The quantitative estimate of drug-likeness (QED) is 0.712. The fraction of sp³-hybridized carbons (Fsp3) is 0.923. The zero-order chi connectivity index (χ0) is 15.7. The summed E-state index contributed by atoms with van der Waals surface area (Å²) in [5.41, 5.74) is 0.265. The van der Waals surface area contributed by atoms with E-state index in [2.05, 4.69) is 25.4 Å². The van der Waals surface area contributed by atoms with E-state index in [-0.39, 0.29) is 5.41 Å². The van der Waals surface area contributed by atoms with Gasteiger partial charge >= 0.3 is 12.3 Å². The molecule has 1 spiro atoms. The van der Waals surface area contributed by atoms with Gasteiger partial charge in [-0.3, -0.25) is 0 Å². The summed E-state index contributed by atoms with van der Waals surface area (Å²) in [5.74, 6) is 0. The van der Waals surface area contributed by atoms with Crippen molar-refractivity contribution in [3.63, 3.8) is 0 Å². The van der Waals surface area contributed by atoms with Gasteiger partial charge in [-0.1, -0.05) is 15.9 Å². The maximum atomic E-state index is 12.7. The van der Waals surface area contributed by atoms with Gasteiger partial charge in [-0.15, -0.1) is 0 Å². The van der Waals surface area contributed by atoms with E-state index in [1.807, 2.05) is 0 Å². The number of carbonyl (C=O) groups excluding carboxylic acids is 1. The van der Waals surface area contributed by atoms with Gasteiger partial charge in [0.1, 0.15) is 0 Å². The Labute approximate surface area is 130 Å². The number of likely N-dealkylation sites (tertiary alicyclic amines) is 1. The molecule has 1 aliphatic carbocycles. The summed E-state index contributed by atoms with van der Waals surface area (Å²) in [5, 5.41) is 0. The molecule has 0 aromatic heterocycles. The predicted octanol–water partition coefficient (Wildman–Crippen LogP) is 3.34. The first-order chi connectivity index (χ1) is 9.76. The first-order valence-corrected chi connectivity index (χ1v) is 7.83. The smallest absolute Gasteiger partial charge is 0.427 e. The minimum atomic E-state index is -4.61. The molecule has 1 atom stereocenters. The van der Waals surface area contributed by atoms with Gasteiger partial charge in [-0.05, 0) is 31.1 Å². The van der Waals surface area contributed by atoms with Crippen LogP contribution in [0.5, 0.6) is 0 Å². The van der Waals surface area contributed by atoms with Crippen molar-refractivity contribution in [3.8, 4) is 0 Å². The fourth-order valence-electron chi connectivity index (χ4n) is 2.99. The lowest BCUT2D eigenvalue weighted by atomic mass is 9.63. The van der Waals surface area contributed by atoms with Gasteiger partial charge < -0.3 is 14.4 Å². The molecule has 0 aromatic rings. The van der Waals surface area contributed by atoms with Crippen LogP contribution in [0.4, 0.5) is 18.0 Å². The predicted molar refractivity (Wildman–Crippen MR) is 73.4 cm³/mol. The van der Waals surface area contributed by atoms with Crippen LogP contribution in [-0.2, 0) is 9.47 Å². The Hall–Kier alpha value is -0.500. The molecule has 0 bridgehead atoms. The van der Waals surface area contributed by atoms with Crippen molar-refractivity contribution in [1.82, 2.24) is 4.90 Å². The summed E-state index contributed by atoms with van der Waals surface area (Å²) >= 11 is 3.54. The van der Waals surface area contributed by atoms with Crippen LogP contribution in [0.15, 0.2) is 0 Å². The van der Waals surface area contributed by atoms with Crippen LogP contribution in [0, 0.1) is 5.41 Å². The number of hydrogen-bond donors (Lipinski definition) is 0. The Kier molecular flexibility index (Phi) is 5.07. The highest BCUT2D eigenvalue weighted by Gasteiger charge is 2.47. The van der Waals surface area contributed by atoms with Gasteiger partial charge in [0.2, 0.25) is 6.10 Å². The van der Waals surface area contributed by atoms with Crippen molar-refractivity contribution < 1.29 is 27.4 Å². The minimum Gasteiger partial charge on any atom is -0.434 e. The Morgan fingerprint density at radius 2 is 1.95 bits per heavy atom. The molecule has 0 aromatic carbocycles. The maximum Gasteiger partial charge on any atom is 0.427 e. The van der Waals surface area contributed by atoms with Gasteiger partial charge in [0.25, 0.3) is 0 Å². The van der Waals surface area contributed by atoms with Crippen LogP contribution in [0.3, 0.4) is 0 Å². The number of nitrogens with zero attached hydrogens (tertiary/aromatic N) is 1. The second-order valence-electron chi connectivity index (χ2n) is 5.86. The molecular weight excluding hydrogens is 355 g/mol. The van der Waals surface area contributed by atoms with Gasteiger partial charge in [-0.25, -0.2) is 4.79 Å². The lowest BCUT2D eigenvalue weighted by molar-refractivity contribution is -0.217. The number of methoxy groups -OCH3 is 1. The first-order valence-electron chi connectivity index (χ1n) is 6.91. The molecule has 1 saturated heterocycles. The molecular formula is C13H19BrF3NO3. The molecule has 2 aliphatic rings.